The molecule has 0 aliphatic carbocycles. The van der Waals surface area contributed by atoms with Crippen LogP contribution < -0.4 is 5.32 Å². The summed E-state index contributed by atoms with van der Waals surface area (Å²) in [4.78, 5) is 2.57. The van der Waals surface area contributed by atoms with Gasteiger partial charge in [0, 0.05) is 47.3 Å². The third-order valence-corrected chi connectivity index (χ3v) is 4.74. The van der Waals surface area contributed by atoms with Crippen molar-refractivity contribution >= 4 is 33.4 Å². The van der Waals surface area contributed by atoms with Crippen molar-refractivity contribution in [2.24, 2.45) is 0 Å². The molecule has 0 spiro atoms. The minimum absolute atomic E-state index is 0.720. The molecule has 0 aromatic heterocycles. The second-order valence-electron chi connectivity index (χ2n) is 4.40. The van der Waals surface area contributed by atoms with Gasteiger partial charge in [-0.1, -0.05) is 22.0 Å². The molecule has 2 rings (SSSR count). The van der Waals surface area contributed by atoms with Crippen molar-refractivity contribution in [2.45, 2.75) is 13.0 Å². The zero-order chi connectivity index (χ0) is 12.1. The van der Waals surface area contributed by atoms with E-state index < -0.39 is 0 Å². The minimum Gasteiger partial charge on any atom is -0.384 e. The van der Waals surface area contributed by atoms with Gasteiger partial charge in [-0.2, -0.15) is 11.8 Å². The first-order valence-corrected chi connectivity index (χ1v) is 8.02. The summed E-state index contributed by atoms with van der Waals surface area (Å²) in [7, 11) is 0. The first-order chi connectivity index (χ1) is 8.25. The molecule has 0 bridgehead atoms. The van der Waals surface area contributed by atoms with Crippen LogP contribution in [0, 0.1) is 0 Å². The Bertz CT molecular complexity index is 359. The Balaban J connectivity index is 1.75. The molecule has 1 atom stereocenters. The molecule has 1 aliphatic heterocycles. The molecule has 2 nitrogen and oxygen atoms in total. The zero-order valence-electron chi connectivity index (χ0n) is 10.2. The van der Waals surface area contributed by atoms with Gasteiger partial charge >= 0.3 is 0 Å². The molecule has 1 N–H and O–H groups in total. The molecule has 1 fully saturated rings. The van der Waals surface area contributed by atoms with Crippen LogP contribution in [0.5, 0.6) is 0 Å². The summed E-state index contributed by atoms with van der Waals surface area (Å²) < 4.78 is 1.13. The van der Waals surface area contributed by atoms with Crippen LogP contribution in [0.25, 0.3) is 0 Å². The van der Waals surface area contributed by atoms with Crippen LogP contribution in [0.4, 0.5) is 5.69 Å². The lowest BCUT2D eigenvalue weighted by Gasteiger charge is -2.32. The number of nitrogens with zero attached hydrogens (tertiary/aromatic N) is 1. The quantitative estimate of drug-likeness (QED) is 0.918. The SMILES string of the molecule is CC1CSCCN1CCNc1cccc(Br)c1. The summed E-state index contributed by atoms with van der Waals surface area (Å²) in [6.45, 7) is 5.71. The highest BCUT2D eigenvalue weighted by Crippen LogP contribution is 2.17. The van der Waals surface area contributed by atoms with Crippen molar-refractivity contribution in [3.8, 4) is 0 Å². The molecule has 0 radical (unpaired) electrons. The van der Waals surface area contributed by atoms with Gasteiger partial charge < -0.3 is 5.32 Å². The van der Waals surface area contributed by atoms with E-state index in [-0.39, 0.29) is 0 Å². The lowest BCUT2D eigenvalue weighted by Crippen LogP contribution is -2.42. The number of benzene rings is 1. The topological polar surface area (TPSA) is 15.3 Å². The molecule has 94 valence electrons. The number of nitrogens with one attached hydrogen (secondary N) is 1. The molecule has 1 aliphatic rings. The highest BCUT2D eigenvalue weighted by Gasteiger charge is 2.17. The van der Waals surface area contributed by atoms with E-state index in [0.29, 0.717) is 0 Å². The van der Waals surface area contributed by atoms with Gasteiger partial charge in [0.25, 0.3) is 0 Å². The third kappa shape index (κ3) is 4.19. The zero-order valence-corrected chi connectivity index (χ0v) is 12.6. The summed E-state index contributed by atoms with van der Waals surface area (Å²) in [6, 6.07) is 9.07. The smallest absolute Gasteiger partial charge is 0.0351 e. The molecule has 0 amide bonds. The van der Waals surface area contributed by atoms with Crippen LogP contribution in [0.3, 0.4) is 0 Å². The first-order valence-electron chi connectivity index (χ1n) is 6.07. The van der Waals surface area contributed by atoms with Crippen molar-refractivity contribution in [1.29, 1.82) is 0 Å². The molecule has 0 saturated carbocycles. The van der Waals surface area contributed by atoms with Crippen molar-refractivity contribution in [1.82, 2.24) is 4.90 Å². The molecule has 1 aromatic rings. The van der Waals surface area contributed by atoms with E-state index in [1.165, 1.54) is 23.7 Å². The van der Waals surface area contributed by atoms with E-state index in [0.717, 1.165) is 23.6 Å². The minimum atomic E-state index is 0.720. The Labute approximate surface area is 116 Å². The van der Waals surface area contributed by atoms with Crippen molar-refractivity contribution in [2.75, 3.05) is 36.5 Å². The Morgan fingerprint density at radius 1 is 1.53 bits per heavy atom. The molecule has 1 saturated heterocycles. The van der Waals surface area contributed by atoms with Gasteiger partial charge in [0.1, 0.15) is 0 Å². The van der Waals surface area contributed by atoms with E-state index in [1.807, 2.05) is 0 Å². The summed E-state index contributed by atoms with van der Waals surface area (Å²) in [5, 5.41) is 3.47. The Hall–Kier alpha value is -0.190. The predicted molar refractivity (Wildman–Crippen MR) is 81.0 cm³/mol. The lowest BCUT2D eigenvalue weighted by molar-refractivity contribution is 0.242. The first kappa shape index (κ1) is 13.2. The standard InChI is InChI=1S/C13H19BrN2S/c1-11-10-17-8-7-16(11)6-5-15-13-4-2-3-12(14)9-13/h2-4,9,11,15H,5-8,10H2,1H3. The van der Waals surface area contributed by atoms with Crippen LogP contribution in [-0.2, 0) is 0 Å². The molecule has 4 heteroatoms. The number of anilines is 1. The Kier molecular flexibility index (Phi) is 5.19. The maximum absolute atomic E-state index is 3.49. The third-order valence-electron chi connectivity index (χ3n) is 3.06. The summed E-state index contributed by atoms with van der Waals surface area (Å²) in [5.41, 5.74) is 1.19. The van der Waals surface area contributed by atoms with Gasteiger partial charge in [-0.25, -0.2) is 0 Å². The maximum Gasteiger partial charge on any atom is 0.0351 e. The van der Waals surface area contributed by atoms with Gasteiger partial charge in [0.05, 0.1) is 0 Å². The molecule has 1 heterocycles. The average molecular weight is 315 g/mol. The van der Waals surface area contributed by atoms with Crippen LogP contribution in [0.1, 0.15) is 6.92 Å². The number of hydrogen-bond acceptors (Lipinski definition) is 3. The fraction of sp³-hybridized carbons (Fsp3) is 0.538. The fourth-order valence-corrected chi connectivity index (χ4v) is 3.52. The lowest BCUT2D eigenvalue weighted by atomic mass is 10.3. The maximum atomic E-state index is 3.49. The molecular weight excluding hydrogens is 296 g/mol. The predicted octanol–water partition coefficient (Wildman–Crippen LogP) is 3.30. The number of thioether (sulfide) groups is 1. The fourth-order valence-electron chi connectivity index (χ4n) is 2.04. The van der Waals surface area contributed by atoms with E-state index in [2.05, 4.69) is 69.1 Å². The highest BCUT2D eigenvalue weighted by molar-refractivity contribution is 9.10. The monoisotopic (exact) mass is 314 g/mol. The van der Waals surface area contributed by atoms with Gasteiger partial charge in [-0.05, 0) is 25.1 Å². The van der Waals surface area contributed by atoms with Crippen molar-refractivity contribution < 1.29 is 0 Å². The largest absolute Gasteiger partial charge is 0.384 e. The van der Waals surface area contributed by atoms with Crippen LogP contribution in [0.15, 0.2) is 28.7 Å². The highest BCUT2D eigenvalue weighted by atomic mass is 79.9. The number of rotatable bonds is 4. The molecule has 17 heavy (non-hydrogen) atoms. The van der Waals surface area contributed by atoms with Gasteiger partial charge in [0.2, 0.25) is 0 Å². The Morgan fingerprint density at radius 3 is 3.18 bits per heavy atom. The van der Waals surface area contributed by atoms with Crippen molar-refractivity contribution in [3.63, 3.8) is 0 Å². The number of hydrogen-bond donors (Lipinski definition) is 1. The normalized spacial score (nSPS) is 21.4. The second-order valence-corrected chi connectivity index (χ2v) is 6.46. The van der Waals surface area contributed by atoms with Crippen LogP contribution in [-0.4, -0.2) is 42.1 Å². The van der Waals surface area contributed by atoms with Crippen LogP contribution in [0.2, 0.25) is 0 Å². The van der Waals surface area contributed by atoms with E-state index >= 15 is 0 Å². The van der Waals surface area contributed by atoms with Gasteiger partial charge in [-0.3, -0.25) is 4.90 Å². The van der Waals surface area contributed by atoms with Gasteiger partial charge in [0.15, 0.2) is 0 Å². The van der Waals surface area contributed by atoms with Crippen molar-refractivity contribution in [3.05, 3.63) is 28.7 Å². The average Bonchev–Trinajstić information content (AvgIpc) is 2.32. The Morgan fingerprint density at radius 2 is 2.41 bits per heavy atom. The van der Waals surface area contributed by atoms with Crippen LogP contribution >= 0.6 is 27.7 Å². The second kappa shape index (κ2) is 6.66. The van der Waals surface area contributed by atoms with E-state index in [1.54, 1.807) is 0 Å². The molecule has 1 aromatic carbocycles. The van der Waals surface area contributed by atoms with E-state index in [4.69, 9.17) is 0 Å². The summed E-state index contributed by atoms with van der Waals surface area (Å²) in [5.74, 6) is 2.55. The van der Waals surface area contributed by atoms with E-state index in [9.17, 15) is 0 Å². The summed E-state index contributed by atoms with van der Waals surface area (Å²) >= 11 is 5.56. The molecule has 1 unspecified atom stereocenters. The molecular formula is C13H19BrN2S. The number of halogens is 1. The van der Waals surface area contributed by atoms with Gasteiger partial charge in [-0.15, -0.1) is 0 Å². The summed E-state index contributed by atoms with van der Waals surface area (Å²) in [6.07, 6.45) is 0.